The lowest BCUT2D eigenvalue weighted by Gasteiger charge is -2.18. The Morgan fingerprint density at radius 3 is 2.35 bits per heavy atom. The average Bonchev–Trinajstić information content (AvgIpc) is 3.26. The Kier molecular flexibility index (Phi) is 10.8. The molecule has 2 heterocycles. The van der Waals surface area contributed by atoms with E-state index >= 15 is 0 Å². The molecular formula is C29H37N7O4. The van der Waals surface area contributed by atoms with Gasteiger partial charge in [-0.05, 0) is 50.8 Å². The molecule has 0 spiro atoms. The number of benzene rings is 1. The number of guanidine groups is 1. The maximum atomic E-state index is 13.8. The molecule has 0 aliphatic carbocycles. The van der Waals surface area contributed by atoms with Gasteiger partial charge in [-0.15, -0.1) is 0 Å². The summed E-state index contributed by atoms with van der Waals surface area (Å²) in [6, 6.07) is 15.0. The number of carboxylic acids is 1. The molecule has 7 N–H and O–H groups in total. The Labute approximate surface area is 233 Å². The third-order valence-electron chi connectivity index (χ3n) is 6.13. The summed E-state index contributed by atoms with van der Waals surface area (Å²) >= 11 is 0. The molecule has 0 saturated carbocycles. The number of anilines is 1. The first-order valence-electron chi connectivity index (χ1n) is 13.3. The molecule has 0 fully saturated rings. The first-order chi connectivity index (χ1) is 19.2. The van der Waals surface area contributed by atoms with E-state index in [4.69, 9.17) is 16.6 Å². The number of nitrogens with two attached hydrogens (primary N) is 2. The summed E-state index contributed by atoms with van der Waals surface area (Å²) in [6.07, 6.45) is 3.04. The van der Waals surface area contributed by atoms with Crippen molar-refractivity contribution in [3.8, 4) is 22.5 Å². The second-order valence-electron chi connectivity index (χ2n) is 9.56. The maximum absolute atomic E-state index is 13.8. The van der Waals surface area contributed by atoms with Gasteiger partial charge in [0.2, 0.25) is 5.91 Å². The monoisotopic (exact) mass is 547 g/mol. The molecule has 1 aromatic carbocycles. The fourth-order valence-corrected chi connectivity index (χ4v) is 4.42. The van der Waals surface area contributed by atoms with E-state index in [0.717, 1.165) is 11.3 Å². The minimum absolute atomic E-state index is 0.00661. The molecule has 3 rings (SSSR count). The highest BCUT2D eigenvalue weighted by Crippen LogP contribution is 2.44. The second-order valence-corrected chi connectivity index (χ2v) is 9.56. The number of hydrogen-bond donors (Lipinski definition) is 5. The van der Waals surface area contributed by atoms with E-state index in [1.807, 2.05) is 60.9 Å². The molecule has 0 atom stereocenters. The zero-order valence-electron chi connectivity index (χ0n) is 22.9. The van der Waals surface area contributed by atoms with E-state index < -0.39 is 5.97 Å². The third kappa shape index (κ3) is 7.92. The topological polar surface area (TPSA) is 178 Å². The van der Waals surface area contributed by atoms with Crippen LogP contribution >= 0.6 is 0 Å². The highest BCUT2D eigenvalue weighted by atomic mass is 16.4. The lowest BCUT2D eigenvalue weighted by Crippen LogP contribution is -2.29. The number of nitrogens with zero attached hydrogens (tertiary/aromatic N) is 3. The molecule has 3 aromatic rings. The number of aromatic nitrogens is 2. The minimum Gasteiger partial charge on any atom is -0.481 e. The van der Waals surface area contributed by atoms with E-state index in [-0.39, 0.29) is 43.1 Å². The molecule has 2 aromatic heterocycles. The summed E-state index contributed by atoms with van der Waals surface area (Å²) in [5.74, 6) is -1.68. The molecule has 0 saturated heterocycles. The van der Waals surface area contributed by atoms with E-state index in [9.17, 15) is 14.4 Å². The largest absolute Gasteiger partial charge is 0.481 e. The van der Waals surface area contributed by atoms with Crippen molar-refractivity contribution in [1.82, 2.24) is 14.9 Å². The van der Waals surface area contributed by atoms with Gasteiger partial charge in [0, 0.05) is 38.2 Å². The van der Waals surface area contributed by atoms with Gasteiger partial charge < -0.3 is 31.8 Å². The average molecular weight is 548 g/mol. The summed E-state index contributed by atoms with van der Waals surface area (Å²) in [4.78, 5) is 46.4. The van der Waals surface area contributed by atoms with Gasteiger partial charge in [0.15, 0.2) is 5.96 Å². The summed E-state index contributed by atoms with van der Waals surface area (Å²) in [5, 5.41) is 14.9. The van der Waals surface area contributed by atoms with Crippen molar-refractivity contribution in [1.29, 1.82) is 0 Å². The van der Waals surface area contributed by atoms with Gasteiger partial charge in [0.05, 0.1) is 22.6 Å². The van der Waals surface area contributed by atoms with Crippen molar-refractivity contribution in [2.24, 2.45) is 16.5 Å². The number of carbonyl (C=O) groups is 3. The van der Waals surface area contributed by atoms with Gasteiger partial charge in [-0.2, -0.15) is 0 Å². The Hall–Kier alpha value is -4.67. The quantitative estimate of drug-likeness (QED) is 0.116. The highest BCUT2D eigenvalue weighted by Gasteiger charge is 2.31. The Balaban J connectivity index is 2.12. The molecule has 212 valence electrons. The zero-order valence-corrected chi connectivity index (χ0v) is 22.9. The van der Waals surface area contributed by atoms with Gasteiger partial charge in [-0.3, -0.25) is 24.4 Å². The van der Waals surface area contributed by atoms with Gasteiger partial charge in [-0.1, -0.05) is 36.4 Å². The number of carbonyl (C=O) groups excluding carboxylic acids is 2. The lowest BCUT2D eigenvalue weighted by molar-refractivity contribution is -0.137. The van der Waals surface area contributed by atoms with Crippen LogP contribution in [0.4, 0.5) is 5.69 Å². The van der Waals surface area contributed by atoms with Gasteiger partial charge in [0.1, 0.15) is 5.69 Å². The van der Waals surface area contributed by atoms with Crippen LogP contribution in [0.15, 0.2) is 59.7 Å². The molecule has 0 aliphatic heterocycles. The van der Waals surface area contributed by atoms with Crippen molar-refractivity contribution in [3.05, 3.63) is 60.4 Å². The van der Waals surface area contributed by atoms with E-state index in [2.05, 4.69) is 20.6 Å². The molecule has 11 nitrogen and oxygen atoms in total. The number of pyridine rings is 1. The molecular weight excluding hydrogens is 510 g/mol. The van der Waals surface area contributed by atoms with Crippen molar-refractivity contribution < 1.29 is 19.5 Å². The summed E-state index contributed by atoms with van der Waals surface area (Å²) in [7, 11) is 0. The van der Waals surface area contributed by atoms with Gasteiger partial charge in [0.25, 0.3) is 5.91 Å². The van der Waals surface area contributed by atoms with E-state index in [1.165, 1.54) is 0 Å². The van der Waals surface area contributed by atoms with Crippen LogP contribution in [-0.2, 0) is 9.59 Å². The van der Waals surface area contributed by atoms with Crippen molar-refractivity contribution in [3.63, 3.8) is 0 Å². The van der Waals surface area contributed by atoms with Crippen LogP contribution < -0.4 is 22.1 Å². The van der Waals surface area contributed by atoms with E-state index in [1.54, 1.807) is 12.3 Å². The third-order valence-corrected chi connectivity index (χ3v) is 6.13. The molecule has 0 radical (unpaired) electrons. The van der Waals surface area contributed by atoms with Crippen LogP contribution in [0.25, 0.3) is 22.5 Å². The van der Waals surface area contributed by atoms with Gasteiger partial charge >= 0.3 is 5.97 Å². The number of hydrogen-bond acceptors (Lipinski definition) is 5. The number of aliphatic imine (C=N–C) groups is 1. The van der Waals surface area contributed by atoms with Crippen LogP contribution in [0.5, 0.6) is 0 Å². The molecule has 0 unspecified atom stereocenters. The Bertz CT molecular complexity index is 1330. The van der Waals surface area contributed by atoms with Crippen LogP contribution in [-0.4, -0.2) is 51.5 Å². The number of rotatable bonds is 14. The van der Waals surface area contributed by atoms with Gasteiger partial charge in [-0.25, -0.2) is 0 Å². The fourth-order valence-electron chi connectivity index (χ4n) is 4.42. The van der Waals surface area contributed by atoms with Crippen molar-refractivity contribution >= 4 is 29.4 Å². The predicted molar refractivity (Wildman–Crippen MR) is 156 cm³/mol. The zero-order chi connectivity index (χ0) is 29.1. The molecule has 11 heteroatoms. The maximum Gasteiger partial charge on any atom is 0.303 e. The molecule has 40 heavy (non-hydrogen) atoms. The van der Waals surface area contributed by atoms with Crippen LogP contribution in [0.3, 0.4) is 0 Å². The number of amides is 2. The molecule has 0 bridgehead atoms. The van der Waals surface area contributed by atoms with Crippen LogP contribution in [0.2, 0.25) is 0 Å². The summed E-state index contributed by atoms with van der Waals surface area (Å²) in [6.45, 7) is 4.78. The SMILES string of the molecule is CC(C)n1c(C(=O)NCCCCN=C(N)N)c(NC(=O)CCCC(=O)O)c(-c2ccccn2)c1-c1ccccc1. The standard InChI is InChI=1S/C29H37N7O4/c1-19(2)36-26(20-11-4-3-5-12-20)24(21-13-6-7-16-32-21)25(35-22(37)14-10-15-23(38)39)27(36)28(40)33-17-8-9-18-34-29(30)31/h3-7,11-13,16,19H,8-10,14-15,17-18H2,1-2H3,(H,33,40)(H,35,37)(H,38,39)(H4,30,31,34). The first kappa shape index (κ1) is 29.9. The summed E-state index contributed by atoms with van der Waals surface area (Å²) in [5.41, 5.74) is 14.2. The van der Waals surface area contributed by atoms with Crippen LogP contribution in [0.1, 0.15) is 62.5 Å². The second kappa shape index (κ2) is 14.5. The highest BCUT2D eigenvalue weighted by molar-refractivity contribution is 6.10. The van der Waals surface area contributed by atoms with Crippen molar-refractivity contribution in [2.45, 2.75) is 52.0 Å². The van der Waals surface area contributed by atoms with Crippen molar-refractivity contribution in [2.75, 3.05) is 18.4 Å². The molecule has 0 aliphatic rings. The minimum atomic E-state index is -0.973. The Morgan fingerprint density at radius 2 is 1.73 bits per heavy atom. The fraction of sp³-hybridized carbons (Fsp3) is 0.345. The van der Waals surface area contributed by atoms with E-state index in [0.29, 0.717) is 48.6 Å². The number of carboxylic acid groups (broad SMARTS) is 1. The smallest absolute Gasteiger partial charge is 0.303 e. The molecule has 2 amide bonds. The van der Waals surface area contributed by atoms with Crippen LogP contribution in [0, 0.1) is 0 Å². The first-order valence-corrected chi connectivity index (χ1v) is 13.3. The normalized spacial score (nSPS) is 10.8. The number of aliphatic carboxylic acids is 1. The predicted octanol–water partition coefficient (Wildman–Crippen LogP) is 3.77. The number of nitrogens with one attached hydrogen (secondary N) is 2. The number of unbranched alkanes of at least 4 members (excludes halogenated alkanes) is 1. The lowest BCUT2D eigenvalue weighted by atomic mass is 10.0. The summed E-state index contributed by atoms with van der Waals surface area (Å²) < 4.78 is 1.92. The Morgan fingerprint density at radius 1 is 1.00 bits per heavy atom.